The number of anilines is 1. The van der Waals surface area contributed by atoms with Crippen LogP contribution in [0.4, 0.5) is 5.82 Å². The van der Waals surface area contributed by atoms with E-state index in [1.54, 1.807) is 17.0 Å². The number of hydrogen-bond acceptors (Lipinski definition) is 5. The predicted molar refractivity (Wildman–Crippen MR) is 107 cm³/mol. The van der Waals surface area contributed by atoms with Crippen LogP contribution in [-0.4, -0.2) is 50.1 Å². The maximum absolute atomic E-state index is 13.1. The Morgan fingerprint density at radius 2 is 1.93 bits per heavy atom. The van der Waals surface area contributed by atoms with E-state index in [2.05, 4.69) is 9.88 Å². The zero-order chi connectivity index (χ0) is 19.5. The van der Waals surface area contributed by atoms with Crippen LogP contribution in [0.25, 0.3) is 0 Å². The molecule has 2 aliphatic heterocycles. The third kappa shape index (κ3) is 2.53. The van der Waals surface area contributed by atoms with Gasteiger partial charge in [-0.25, -0.2) is 9.98 Å². The summed E-state index contributed by atoms with van der Waals surface area (Å²) in [5, 5.41) is 9.83. The Balaban J connectivity index is 1.61. The molecule has 1 aromatic heterocycles. The van der Waals surface area contributed by atoms with Crippen LogP contribution in [0.15, 0.2) is 29.3 Å². The van der Waals surface area contributed by atoms with Crippen LogP contribution in [-0.2, 0) is 6.54 Å². The van der Waals surface area contributed by atoms with Crippen molar-refractivity contribution in [3.05, 3.63) is 40.8 Å². The van der Waals surface area contributed by atoms with E-state index in [1.165, 1.54) is 12.8 Å². The molecular formula is C20H22ClN5O2. The molecule has 8 heteroatoms. The molecule has 1 N–H and O–H groups in total. The molecular weight excluding hydrogens is 378 g/mol. The van der Waals surface area contributed by atoms with Crippen molar-refractivity contribution in [1.82, 2.24) is 14.5 Å². The smallest absolute Gasteiger partial charge is 0.283 e. The van der Waals surface area contributed by atoms with Crippen molar-refractivity contribution < 1.29 is 9.90 Å². The second-order valence-electron chi connectivity index (χ2n) is 7.78. The molecule has 0 atom stereocenters. The quantitative estimate of drug-likeness (QED) is 0.859. The molecule has 3 aliphatic rings. The number of halogens is 1. The van der Waals surface area contributed by atoms with Crippen molar-refractivity contribution in [3.8, 4) is 5.75 Å². The summed E-state index contributed by atoms with van der Waals surface area (Å²) < 4.78 is 1.87. The molecule has 28 heavy (non-hydrogen) atoms. The zero-order valence-electron chi connectivity index (χ0n) is 15.7. The molecule has 1 spiro atoms. The summed E-state index contributed by atoms with van der Waals surface area (Å²) in [5.74, 6) is 1.53. The number of rotatable bonds is 3. The number of aliphatic imine (C=N–C) groups is 1. The van der Waals surface area contributed by atoms with Crippen LogP contribution >= 0.6 is 11.6 Å². The molecule has 0 bridgehead atoms. The minimum atomic E-state index is -0.145. The van der Waals surface area contributed by atoms with Gasteiger partial charge < -0.3 is 5.11 Å². The summed E-state index contributed by atoms with van der Waals surface area (Å²) in [6.07, 6.45) is 4.44. The number of phenolic OH excluding ortho intramolecular Hbond substituents is 1. The first-order valence-corrected chi connectivity index (χ1v) is 10.1. The van der Waals surface area contributed by atoms with Crippen LogP contribution in [0.1, 0.15) is 48.7 Å². The van der Waals surface area contributed by atoms with Gasteiger partial charge in [-0.15, -0.1) is 0 Å². The van der Waals surface area contributed by atoms with Gasteiger partial charge in [0, 0.05) is 6.54 Å². The lowest BCUT2D eigenvalue weighted by atomic mass is 9.99. The lowest BCUT2D eigenvalue weighted by Gasteiger charge is -2.34. The van der Waals surface area contributed by atoms with Gasteiger partial charge in [-0.1, -0.05) is 25.0 Å². The highest BCUT2D eigenvalue weighted by molar-refractivity contribution is 6.30. The molecule has 2 aromatic rings. The summed E-state index contributed by atoms with van der Waals surface area (Å²) in [6.45, 7) is 3.73. The largest absolute Gasteiger partial charge is 0.508 e. The Labute approximate surface area is 168 Å². The number of benzene rings is 1. The monoisotopic (exact) mass is 399 g/mol. The van der Waals surface area contributed by atoms with Gasteiger partial charge in [-0.3, -0.25) is 19.2 Å². The van der Waals surface area contributed by atoms with E-state index in [0.717, 1.165) is 36.7 Å². The van der Waals surface area contributed by atoms with Gasteiger partial charge in [0.1, 0.15) is 11.6 Å². The molecule has 146 valence electrons. The van der Waals surface area contributed by atoms with E-state index in [9.17, 15) is 9.90 Å². The minimum Gasteiger partial charge on any atom is -0.508 e. The number of phenols is 1. The first kappa shape index (κ1) is 17.6. The molecule has 0 unspecified atom stereocenters. The predicted octanol–water partition coefficient (Wildman–Crippen LogP) is 3.25. The lowest BCUT2D eigenvalue weighted by Crippen LogP contribution is -2.51. The van der Waals surface area contributed by atoms with Crippen molar-refractivity contribution in [2.75, 3.05) is 18.0 Å². The normalized spacial score (nSPS) is 19.9. The summed E-state index contributed by atoms with van der Waals surface area (Å²) in [4.78, 5) is 26.4. The van der Waals surface area contributed by atoms with Gasteiger partial charge in [-0.05, 0) is 49.1 Å². The van der Waals surface area contributed by atoms with Crippen molar-refractivity contribution in [2.45, 2.75) is 44.7 Å². The number of aromatic nitrogens is 2. The highest BCUT2D eigenvalue weighted by Gasteiger charge is 2.49. The molecule has 0 saturated heterocycles. The van der Waals surface area contributed by atoms with Gasteiger partial charge in [0.2, 0.25) is 11.2 Å². The number of aromatic hydroxyl groups is 1. The van der Waals surface area contributed by atoms with Crippen LogP contribution in [0, 0.1) is 0 Å². The Kier molecular flexibility index (Phi) is 3.91. The molecule has 0 radical (unpaired) electrons. The number of hydrogen-bond donors (Lipinski definition) is 1. The van der Waals surface area contributed by atoms with E-state index in [0.29, 0.717) is 18.8 Å². The third-order valence-electron chi connectivity index (χ3n) is 6.00. The Bertz CT molecular complexity index is 975. The van der Waals surface area contributed by atoms with Crippen LogP contribution in [0.2, 0.25) is 5.28 Å². The fourth-order valence-corrected chi connectivity index (χ4v) is 4.84. The molecule has 1 aliphatic carbocycles. The molecule has 1 aromatic carbocycles. The Morgan fingerprint density at radius 3 is 2.61 bits per heavy atom. The van der Waals surface area contributed by atoms with E-state index in [-0.39, 0.29) is 22.5 Å². The summed E-state index contributed by atoms with van der Waals surface area (Å²) >= 11 is 6.48. The van der Waals surface area contributed by atoms with E-state index in [4.69, 9.17) is 16.6 Å². The fourth-order valence-electron chi connectivity index (χ4n) is 4.61. The number of guanidine groups is 1. The molecule has 1 fully saturated rings. The SMILES string of the molecule is CCN1C(=O)c2nc(Cl)n(Cc3ccc(O)cc3)c2N2CC3(CCCC3)N=C12. The van der Waals surface area contributed by atoms with E-state index in [1.807, 2.05) is 23.6 Å². The lowest BCUT2D eigenvalue weighted by molar-refractivity contribution is 0.0841. The number of carbonyl (C=O) groups excluding carboxylic acids is 1. The molecule has 1 amide bonds. The average Bonchev–Trinajstić information content (AvgIpc) is 3.37. The molecule has 1 saturated carbocycles. The fraction of sp³-hybridized carbons (Fsp3) is 0.450. The number of amides is 1. The van der Waals surface area contributed by atoms with Gasteiger partial charge >= 0.3 is 0 Å². The first-order valence-electron chi connectivity index (χ1n) is 9.74. The van der Waals surface area contributed by atoms with Crippen molar-refractivity contribution >= 4 is 29.3 Å². The molecule has 5 rings (SSSR count). The van der Waals surface area contributed by atoms with Crippen molar-refractivity contribution in [2.24, 2.45) is 4.99 Å². The van der Waals surface area contributed by atoms with Crippen LogP contribution in [0.3, 0.4) is 0 Å². The summed E-state index contributed by atoms with van der Waals surface area (Å²) in [7, 11) is 0. The topological polar surface area (TPSA) is 74.0 Å². The number of nitrogens with zero attached hydrogens (tertiary/aromatic N) is 5. The summed E-state index contributed by atoms with van der Waals surface area (Å²) in [5.41, 5.74) is 1.25. The second-order valence-corrected chi connectivity index (χ2v) is 8.12. The van der Waals surface area contributed by atoms with Gasteiger partial charge in [0.05, 0.1) is 18.6 Å². The van der Waals surface area contributed by atoms with Gasteiger partial charge in [0.25, 0.3) is 5.91 Å². The second kappa shape index (κ2) is 6.24. The maximum Gasteiger partial charge on any atom is 0.283 e. The molecule has 3 heterocycles. The van der Waals surface area contributed by atoms with Crippen molar-refractivity contribution in [1.29, 1.82) is 0 Å². The van der Waals surface area contributed by atoms with Gasteiger partial charge in [-0.2, -0.15) is 0 Å². The zero-order valence-corrected chi connectivity index (χ0v) is 16.5. The Hall–Kier alpha value is -2.54. The average molecular weight is 400 g/mol. The third-order valence-corrected chi connectivity index (χ3v) is 6.29. The van der Waals surface area contributed by atoms with E-state index < -0.39 is 0 Å². The highest BCUT2D eigenvalue weighted by atomic mass is 35.5. The van der Waals surface area contributed by atoms with Crippen molar-refractivity contribution in [3.63, 3.8) is 0 Å². The number of fused-ring (bicyclic) bond motifs is 3. The summed E-state index contributed by atoms with van der Waals surface area (Å²) in [6, 6.07) is 6.98. The highest BCUT2D eigenvalue weighted by Crippen LogP contribution is 2.43. The number of carbonyl (C=O) groups is 1. The van der Waals surface area contributed by atoms with Gasteiger partial charge in [0.15, 0.2) is 5.69 Å². The standard InChI is InChI=1S/C20H22ClN5O2/c1-2-24-17(28)15-16(26-12-20(23-19(24)26)9-3-4-10-20)25(18(21)22-15)11-13-5-7-14(27)8-6-13/h5-8,27H,2-4,9-12H2,1H3. The molecule has 7 nitrogen and oxygen atoms in total. The minimum absolute atomic E-state index is 0.106. The Morgan fingerprint density at radius 1 is 1.21 bits per heavy atom. The first-order chi connectivity index (χ1) is 13.5. The maximum atomic E-state index is 13.1. The van der Waals surface area contributed by atoms with E-state index >= 15 is 0 Å². The number of imidazole rings is 1. The van der Waals surface area contributed by atoms with Crippen LogP contribution in [0.5, 0.6) is 5.75 Å². The van der Waals surface area contributed by atoms with Crippen LogP contribution < -0.4 is 4.90 Å².